The van der Waals surface area contributed by atoms with E-state index in [4.69, 9.17) is 24.3 Å². The zero-order valence-corrected chi connectivity index (χ0v) is 19.8. The van der Waals surface area contributed by atoms with Crippen LogP contribution in [0.25, 0.3) is 0 Å². The van der Waals surface area contributed by atoms with E-state index in [0.717, 1.165) is 23.3 Å². The molecular weight excluding hydrogens is 434 g/mol. The van der Waals surface area contributed by atoms with E-state index in [0.29, 0.717) is 37.6 Å². The first-order chi connectivity index (χ1) is 16.5. The normalized spacial score (nSPS) is 19.1. The summed E-state index contributed by atoms with van der Waals surface area (Å²) in [6.45, 7) is 6.73. The van der Waals surface area contributed by atoms with E-state index < -0.39 is 11.6 Å². The standard InChI is InChI=1S/C26H33N3O5/c1-4-14-26(25(31)29-27-15-13-20-7-5-8-23(18-20)32-3)19(2)34-24(28-26)21-9-11-22(12-10-21)33-17-6-16-30/h4-5,7-12,18-19,27,30H,1,6,13-17H2,2-3H3,(H,29,31)/t19-,26-/m0/s1. The Kier molecular flexibility index (Phi) is 9.07. The van der Waals surface area contributed by atoms with Crippen molar-refractivity contribution in [3.63, 3.8) is 0 Å². The van der Waals surface area contributed by atoms with Gasteiger partial charge in [-0.25, -0.2) is 10.4 Å². The van der Waals surface area contributed by atoms with Gasteiger partial charge in [-0.15, -0.1) is 6.58 Å². The maximum Gasteiger partial charge on any atom is 0.266 e. The summed E-state index contributed by atoms with van der Waals surface area (Å²) in [6.07, 6.45) is 2.84. The Balaban J connectivity index is 1.63. The summed E-state index contributed by atoms with van der Waals surface area (Å²) in [4.78, 5) is 17.9. The van der Waals surface area contributed by atoms with Crippen molar-refractivity contribution >= 4 is 11.8 Å². The number of nitrogens with one attached hydrogen (secondary N) is 2. The topological polar surface area (TPSA) is 101 Å². The van der Waals surface area contributed by atoms with E-state index in [2.05, 4.69) is 17.4 Å². The maximum atomic E-state index is 13.2. The molecule has 0 saturated carbocycles. The van der Waals surface area contributed by atoms with Crippen LogP contribution in [0.4, 0.5) is 0 Å². The van der Waals surface area contributed by atoms with Crippen molar-refractivity contribution in [1.82, 2.24) is 10.9 Å². The molecule has 2 atom stereocenters. The molecule has 0 aliphatic carbocycles. The Morgan fingerprint density at radius 2 is 2.06 bits per heavy atom. The molecule has 0 saturated heterocycles. The van der Waals surface area contributed by atoms with Gasteiger partial charge in [-0.05, 0) is 55.3 Å². The monoisotopic (exact) mass is 467 g/mol. The first-order valence-electron chi connectivity index (χ1n) is 11.4. The largest absolute Gasteiger partial charge is 0.497 e. The van der Waals surface area contributed by atoms with Crippen LogP contribution in [0.2, 0.25) is 0 Å². The van der Waals surface area contributed by atoms with Crippen LogP contribution in [0.3, 0.4) is 0 Å². The summed E-state index contributed by atoms with van der Waals surface area (Å²) in [6, 6.07) is 15.1. The van der Waals surface area contributed by atoms with Gasteiger partial charge in [0.1, 0.15) is 17.6 Å². The molecule has 2 aromatic rings. The number of nitrogens with zero attached hydrogens (tertiary/aromatic N) is 1. The van der Waals surface area contributed by atoms with Crippen LogP contribution in [0.15, 0.2) is 66.2 Å². The van der Waals surface area contributed by atoms with E-state index >= 15 is 0 Å². The number of hydrazine groups is 1. The van der Waals surface area contributed by atoms with Crippen LogP contribution in [0.1, 0.15) is 30.9 Å². The van der Waals surface area contributed by atoms with E-state index in [1.165, 1.54) is 0 Å². The lowest BCUT2D eigenvalue weighted by atomic mass is 9.90. The van der Waals surface area contributed by atoms with Gasteiger partial charge in [0.05, 0.1) is 13.7 Å². The van der Waals surface area contributed by atoms with Crippen molar-refractivity contribution in [3.05, 3.63) is 72.3 Å². The number of carbonyl (C=O) groups excluding carboxylic acids is 1. The Bertz CT molecular complexity index is 992. The highest BCUT2D eigenvalue weighted by Gasteiger charge is 2.49. The fourth-order valence-electron chi connectivity index (χ4n) is 3.69. The second-order valence-corrected chi connectivity index (χ2v) is 8.03. The molecule has 8 nitrogen and oxygen atoms in total. The van der Waals surface area contributed by atoms with Crippen molar-refractivity contribution < 1.29 is 24.1 Å². The zero-order valence-electron chi connectivity index (χ0n) is 19.8. The SMILES string of the molecule is C=CC[C@]1(C(=O)NNCCc2cccc(OC)c2)N=C(c2ccc(OCCCO)cc2)O[C@H]1C. The minimum absolute atomic E-state index is 0.0872. The fourth-order valence-corrected chi connectivity index (χ4v) is 3.69. The minimum Gasteiger partial charge on any atom is -0.497 e. The highest BCUT2D eigenvalue weighted by atomic mass is 16.5. The van der Waals surface area contributed by atoms with Gasteiger partial charge in [0.2, 0.25) is 5.90 Å². The average Bonchev–Trinajstić information content (AvgIpc) is 3.19. The molecule has 1 heterocycles. The number of rotatable bonds is 13. The van der Waals surface area contributed by atoms with Crippen molar-refractivity contribution in [3.8, 4) is 11.5 Å². The number of aliphatic hydroxyl groups is 1. The Hall–Kier alpha value is -3.36. The first kappa shape index (κ1) is 25.3. The van der Waals surface area contributed by atoms with Crippen LogP contribution in [0, 0.1) is 0 Å². The third-order valence-electron chi connectivity index (χ3n) is 5.66. The number of amides is 1. The zero-order chi connectivity index (χ0) is 24.4. The summed E-state index contributed by atoms with van der Waals surface area (Å²) >= 11 is 0. The van der Waals surface area contributed by atoms with E-state index in [-0.39, 0.29) is 12.5 Å². The number of aliphatic hydroxyl groups excluding tert-OH is 1. The van der Waals surface area contributed by atoms with E-state index in [9.17, 15) is 4.79 Å². The number of hydrogen-bond acceptors (Lipinski definition) is 7. The van der Waals surface area contributed by atoms with E-state index in [1.54, 1.807) is 13.2 Å². The highest BCUT2D eigenvalue weighted by Crippen LogP contribution is 2.32. The van der Waals surface area contributed by atoms with Gasteiger partial charge in [-0.3, -0.25) is 10.2 Å². The summed E-state index contributed by atoms with van der Waals surface area (Å²) in [5.74, 6) is 1.63. The molecule has 0 bridgehead atoms. The quantitative estimate of drug-likeness (QED) is 0.238. The lowest BCUT2D eigenvalue weighted by molar-refractivity contribution is -0.129. The Labute approximate surface area is 200 Å². The molecular formula is C26H33N3O5. The fraction of sp³-hybridized carbons (Fsp3) is 0.385. The van der Waals surface area contributed by atoms with Crippen molar-refractivity contribution in [2.45, 2.75) is 37.8 Å². The van der Waals surface area contributed by atoms with Crippen molar-refractivity contribution in [1.29, 1.82) is 0 Å². The molecule has 3 rings (SSSR count). The summed E-state index contributed by atoms with van der Waals surface area (Å²) < 4.78 is 16.8. The molecule has 182 valence electrons. The predicted octanol–water partition coefficient (Wildman–Crippen LogP) is 2.80. The third-order valence-corrected chi connectivity index (χ3v) is 5.66. The van der Waals surface area contributed by atoms with Crippen LogP contribution < -0.4 is 20.3 Å². The molecule has 2 aromatic carbocycles. The van der Waals surface area contributed by atoms with Gasteiger partial charge in [-0.1, -0.05) is 18.2 Å². The lowest BCUT2D eigenvalue weighted by Crippen LogP contribution is -2.54. The number of methoxy groups -OCH3 is 1. The van der Waals surface area contributed by atoms with Gasteiger partial charge < -0.3 is 19.3 Å². The number of benzene rings is 2. The molecule has 8 heteroatoms. The smallest absolute Gasteiger partial charge is 0.266 e. The van der Waals surface area contributed by atoms with Crippen LogP contribution in [-0.2, 0) is 16.0 Å². The minimum atomic E-state index is -1.11. The van der Waals surface area contributed by atoms with Crippen LogP contribution in [-0.4, -0.2) is 55.4 Å². The molecule has 34 heavy (non-hydrogen) atoms. The second kappa shape index (κ2) is 12.2. The predicted molar refractivity (Wildman–Crippen MR) is 131 cm³/mol. The lowest BCUT2D eigenvalue weighted by Gasteiger charge is -2.26. The molecule has 0 unspecified atom stereocenters. The van der Waals surface area contributed by atoms with Crippen LogP contribution >= 0.6 is 0 Å². The molecule has 0 fully saturated rings. The summed E-state index contributed by atoms with van der Waals surface area (Å²) in [7, 11) is 1.64. The van der Waals surface area contributed by atoms with Crippen molar-refractivity contribution in [2.75, 3.05) is 26.9 Å². The van der Waals surface area contributed by atoms with Gasteiger partial charge in [0, 0.05) is 31.6 Å². The summed E-state index contributed by atoms with van der Waals surface area (Å²) in [5, 5.41) is 8.87. The molecule has 1 amide bonds. The molecule has 0 spiro atoms. The average molecular weight is 468 g/mol. The maximum absolute atomic E-state index is 13.2. The molecule has 0 radical (unpaired) electrons. The molecule has 1 aliphatic rings. The molecule has 3 N–H and O–H groups in total. The number of ether oxygens (including phenoxy) is 3. The van der Waals surface area contributed by atoms with Gasteiger partial charge in [-0.2, -0.15) is 0 Å². The van der Waals surface area contributed by atoms with Gasteiger partial charge in [0.25, 0.3) is 5.91 Å². The summed E-state index contributed by atoms with van der Waals surface area (Å²) in [5.41, 5.74) is 6.54. The third kappa shape index (κ3) is 6.15. The number of hydrogen-bond donors (Lipinski definition) is 3. The van der Waals surface area contributed by atoms with Crippen molar-refractivity contribution in [2.24, 2.45) is 4.99 Å². The molecule has 0 aromatic heterocycles. The Morgan fingerprint density at radius 3 is 2.76 bits per heavy atom. The van der Waals surface area contributed by atoms with Gasteiger partial charge in [0.15, 0.2) is 5.54 Å². The second-order valence-electron chi connectivity index (χ2n) is 8.03. The number of aliphatic imine (C=N–C) groups is 1. The van der Waals surface area contributed by atoms with Crippen LogP contribution in [0.5, 0.6) is 11.5 Å². The molecule has 1 aliphatic heterocycles. The van der Waals surface area contributed by atoms with E-state index in [1.807, 2.05) is 55.5 Å². The van der Waals surface area contributed by atoms with Gasteiger partial charge >= 0.3 is 0 Å². The number of carbonyl (C=O) groups is 1. The first-order valence-corrected chi connectivity index (χ1v) is 11.4. The highest BCUT2D eigenvalue weighted by molar-refractivity contribution is 6.00. The Morgan fingerprint density at radius 1 is 1.26 bits per heavy atom.